The van der Waals surface area contributed by atoms with Gasteiger partial charge in [0.05, 0.1) is 5.52 Å². The van der Waals surface area contributed by atoms with Crippen LogP contribution in [0.1, 0.15) is 140 Å². The molecule has 1 saturated carbocycles. The van der Waals surface area contributed by atoms with Crippen LogP contribution < -0.4 is 0 Å². The van der Waals surface area contributed by atoms with Crippen molar-refractivity contribution >= 4 is 61.3 Å². The van der Waals surface area contributed by atoms with Crippen LogP contribution in [0.3, 0.4) is 0 Å². The second kappa shape index (κ2) is 23.5. The van der Waals surface area contributed by atoms with Crippen molar-refractivity contribution in [2.75, 3.05) is 0 Å². The van der Waals surface area contributed by atoms with Crippen molar-refractivity contribution in [1.29, 1.82) is 0 Å². The van der Waals surface area contributed by atoms with E-state index in [-0.39, 0.29) is 42.5 Å². The van der Waals surface area contributed by atoms with Gasteiger partial charge in [0.1, 0.15) is 5.76 Å². The normalized spacial score (nSPS) is 13.4. The van der Waals surface area contributed by atoms with Gasteiger partial charge in [-0.2, -0.15) is 0 Å². The molecule has 9 rings (SSSR count). The van der Waals surface area contributed by atoms with Crippen LogP contribution in [0, 0.1) is 49.7 Å². The van der Waals surface area contributed by atoms with Gasteiger partial charge in [-0.05, 0) is 55.3 Å². The molecule has 0 amide bonds. The number of aromatic nitrogens is 2. The molecule has 8 aromatic rings. The van der Waals surface area contributed by atoms with E-state index >= 15 is 0 Å². The fourth-order valence-electron chi connectivity index (χ4n) is 9.68. The predicted molar refractivity (Wildman–Crippen MR) is 291 cm³/mol. The van der Waals surface area contributed by atoms with Crippen molar-refractivity contribution in [2.24, 2.45) is 16.7 Å². The van der Waals surface area contributed by atoms with Crippen molar-refractivity contribution in [1.82, 2.24) is 9.97 Å². The second-order valence-corrected chi connectivity index (χ2v) is 22.5. The van der Waals surface area contributed by atoms with Crippen LogP contribution in [0.4, 0.5) is 0 Å². The van der Waals surface area contributed by atoms with E-state index in [0.717, 1.165) is 66.1 Å². The standard InChI is InChI=1S/C27H22NSe.C21H22N.C15H28O2.Ir/c1-17-14-23-22-8-4-5-9-25(22)29-27(23)24(15-17)26-21-11-10-19(18-6-2-3-7-18)16-20(21)12-13-28-26;1-14(2)10-17-6-5-7-21-19(17)8-9-20(22-21)18-12-15(3)11-16(4)13-18;1-7-14(5,8-2)12(16)11-13(17)15(6,9-3)10-4;/h4-5,8-14,16,18H,2-3,6-7H2,1H3;5-9,11-12,14H,10H2,1-4H3;11,16H,7-10H2,1-6H3;/q2*-1;;/b;;12-11-;. The Morgan fingerprint density at radius 1 is 0.768 bits per heavy atom. The van der Waals surface area contributed by atoms with E-state index in [1.165, 1.54) is 95.0 Å². The van der Waals surface area contributed by atoms with Crippen LogP contribution >= 0.6 is 0 Å². The molecule has 1 N–H and O–H groups in total. The number of pyridine rings is 2. The van der Waals surface area contributed by atoms with E-state index in [2.05, 4.69) is 144 Å². The first-order valence-corrected chi connectivity index (χ1v) is 26.9. The maximum Gasteiger partial charge on any atom is 0 e. The van der Waals surface area contributed by atoms with Crippen LogP contribution in [0.2, 0.25) is 0 Å². The molecule has 1 aliphatic rings. The maximum absolute atomic E-state index is 12.2. The first-order valence-electron chi connectivity index (χ1n) is 25.2. The zero-order chi connectivity index (χ0) is 48.8. The third-order valence-corrected chi connectivity index (χ3v) is 17.4. The van der Waals surface area contributed by atoms with E-state index in [0.29, 0.717) is 20.4 Å². The molecule has 0 saturated heterocycles. The fraction of sp³-hybridized carbons (Fsp3) is 0.381. The largest absolute Gasteiger partial charge is 0 e. The third kappa shape index (κ3) is 12.3. The van der Waals surface area contributed by atoms with E-state index in [4.69, 9.17) is 9.97 Å². The Hall–Kier alpha value is -4.70. The molecular formula is C63H72IrN2O2Se-2. The first-order chi connectivity index (χ1) is 32.6. The van der Waals surface area contributed by atoms with Gasteiger partial charge in [-0.25, -0.2) is 0 Å². The predicted octanol–water partition coefficient (Wildman–Crippen LogP) is 17.2. The van der Waals surface area contributed by atoms with Crippen molar-refractivity contribution in [3.05, 3.63) is 155 Å². The number of fused-ring (bicyclic) bond motifs is 5. The summed E-state index contributed by atoms with van der Waals surface area (Å²) in [4.78, 5) is 21.9. The number of carbonyl (C=O) groups excluding carboxylic acids is 1. The molecule has 1 aliphatic carbocycles. The number of rotatable bonds is 12. The van der Waals surface area contributed by atoms with Crippen LogP contribution in [-0.2, 0) is 31.3 Å². The Balaban J connectivity index is 0.000000176. The Kier molecular flexibility index (Phi) is 18.3. The Bertz CT molecular complexity index is 3050. The molecule has 0 atom stereocenters. The van der Waals surface area contributed by atoms with Gasteiger partial charge in [0.2, 0.25) is 0 Å². The molecule has 69 heavy (non-hydrogen) atoms. The second-order valence-electron chi connectivity index (χ2n) is 20.3. The molecule has 0 spiro atoms. The fourth-order valence-corrected chi connectivity index (χ4v) is 12.2. The number of carbonyl (C=O) groups is 1. The average Bonchev–Trinajstić information content (AvgIpc) is 4.02. The summed E-state index contributed by atoms with van der Waals surface area (Å²) in [6.45, 7) is 22.9. The summed E-state index contributed by atoms with van der Waals surface area (Å²) in [5.74, 6) is 1.68. The molecular weight excluding hydrogens is 1090 g/mol. The van der Waals surface area contributed by atoms with Gasteiger partial charge >= 0.3 is 177 Å². The summed E-state index contributed by atoms with van der Waals surface area (Å²) in [7, 11) is 0. The molecule has 0 unspecified atom stereocenters. The van der Waals surface area contributed by atoms with Gasteiger partial charge in [-0.1, -0.05) is 93.5 Å². The van der Waals surface area contributed by atoms with E-state index in [1.54, 1.807) is 0 Å². The number of benzene rings is 5. The molecule has 363 valence electrons. The van der Waals surface area contributed by atoms with Crippen LogP contribution in [0.15, 0.2) is 115 Å². The van der Waals surface area contributed by atoms with Crippen LogP contribution in [-0.4, -0.2) is 35.4 Å². The number of aryl methyl sites for hydroxylation is 3. The quantitative estimate of drug-likeness (QED) is 0.0573. The molecule has 3 heterocycles. The smallest absolute Gasteiger partial charge is 0 e. The topological polar surface area (TPSA) is 63.1 Å². The van der Waals surface area contributed by atoms with Crippen LogP contribution in [0.5, 0.6) is 0 Å². The minimum Gasteiger partial charge on any atom is 0 e. The van der Waals surface area contributed by atoms with Crippen molar-refractivity contribution in [3.8, 4) is 22.5 Å². The number of hydrogen-bond acceptors (Lipinski definition) is 4. The van der Waals surface area contributed by atoms with Gasteiger partial charge in [0.15, 0.2) is 5.78 Å². The molecule has 0 bridgehead atoms. The number of ketones is 1. The van der Waals surface area contributed by atoms with E-state index < -0.39 is 0 Å². The summed E-state index contributed by atoms with van der Waals surface area (Å²) in [5.41, 5.74) is 11.3. The first kappa shape index (κ1) is 53.6. The third-order valence-electron chi connectivity index (χ3n) is 14.9. The van der Waals surface area contributed by atoms with Gasteiger partial charge in [-0.3, -0.25) is 9.78 Å². The number of allylic oxidation sites excluding steroid dienone is 2. The van der Waals surface area contributed by atoms with Gasteiger partial charge in [-0.15, -0.1) is 34.9 Å². The summed E-state index contributed by atoms with van der Waals surface area (Å²) in [5, 5.41) is 16.7. The molecule has 6 heteroatoms. The molecule has 5 aromatic carbocycles. The molecule has 1 fully saturated rings. The minimum absolute atomic E-state index is 0. The maximum atomic E-state index is 12.2. The van der Waals surface area contributed by atoms with E-state index in [9.17, 15) is 9.90 Å². The Morgan fingerprint density at radius 3 is 2.13 bits per heavy atom. The summed E-state index contributed by atoms with van der Waals surface area (Å²) in [6, 6.07) is 42.5. The molecule has 1 radical (unpaired) electrons. The van der Waals surface area contributed by atoms with E-state index in [1.807, 2.05) is 47.7 Å². The number of aliphatic hydroxyl groups is 1. The van der Waals surface area contributed by atoms with Crippen LogP contribution in [0.25, 0.3) is 63.5 Å². The summed E-state index contributed by atoms with van der Waals surface area (Å²) < 4.78 is 2.91. The van der Waals surface area contributed by atoms with Crippen molar-refractivity contribution in [2.45, 2.75) is 140 Å². The zero-order valence-corrected chi connectivity index (χ0v) is 47.0. The average molecular weight is 1160 g/mol. The van der Waals surface area contributed by atoms with Crippen molar-refractivity contribution in [3.63, 3.8) is 0 Å². The molecule has 0 aliphatic heterocycles. The van der Waals surface area contributed by atoms with Gasteiger partial charge < -0.3 is 5.11 Å². The Morgan fingerprint density at radius 2 is 1.45 bits per heavy atom. The molecule has 4 nitrogen and oxygen atoms in total. The number of aliphatic hydroxyl groups excluding tert-OH is 1. The van der Waals surface area contributed by atoms with Crippen molar-refractivity contribution < 1.29 is 30.0 Å². The monoisotopic (exact) mass is 1160 g/mol. The summed E-state index contributed by atoms with van der Waals surface area (Å²) in [6.07, 6.45) is 13.2. The number of nitrogens with zero attached hydrogens (tertiary/aromatic N) is 2. The zero-order valence-electron chi connectivity index (χ0n) is 42.9. The van der Waals surface area contributed by atoms with Gasteiger partial charge in [0, 0.05) is 42.4 Å². The van der Waals surface area contributed by atoms with Gasteiger partial charge in [0.25, 0.3) is 0 Å². The SMILES string of the molecule is CCC(C)(CC)C(=O)/C=C(\O)C(C)(CC)CC.Cc1[c-]c(-c2ccc3c(CC(C)C)cccc3n2)cc(C)c1.Cc1[c-]c(-c2nccc3cc(C4CCCC4)ccc23)c2[se]c3ccccc3c2c1.[Ir]. The molecule has 3 aromatic heterocycles. The number of hydrogen-bond donors (Lipinski definition) is 1. The minimum atomic E-state index is -0.337. The Labute approximate surface area is 432 Å². The summed E-state index contributed by atoms with van der Waals surface area (Å²) >= 11 is 0.305.